The van der Waals surface area contributed by atoms with E-state index in [1.807, 2.05) is 73.7 Å². The van der Waals surface area contributed by atoms with Gasteiger partial charge in [0.25, 0.3) is 5.91 Å². The van der Waals surface area contributed by atoms with Crippen LogP contribution in [-0.2, 0) is 6.61 Å². The molecule has 4 rings (SSSR count). The summed E-state index contributed by atoms with van der Waals surface area (Å²) in [5, 5.41) is 15.3. The zero-order valence-electron chi connectivity index (χ0n) is 17.6. The lowest BCUT2D eigenvalue weighted by Gasteiger charge is -2.12. The van der Waals surface area contributed by atoms with E-state index in [1.54, 1.807) is 24.4 Å². The molecule has 0 aliphatic rings. The Labute approximate surface area is 186 Å². The van der Waals surface area contributed by atoms with Gasteiger partial charge in [-0.15, -0.1) is 0 Å². The molecule has 4 aromatic carbocycles. The van der Waals surface area contributed by atoms with Crippen LogP contribution in [0.3, 0.4) is 0 Å². The van der Waals surface area contributed by atoms with Crippen LogP contribution in [-0.4, -0.2) is 12.1 Å². The molecule has 0 aliphatic carbocycles. The average molecular weight is 419 g/mol. The highest BCUT2D eigenvalue weighted by atomic mass is 16.5. The summed E-state index contributed by atoms with van der Waals surface area (Å²) in [5.41, 5.74) is 6.32. The van der Waals surface area contributed by atoms with Crippen LogP contribution < -0.4 is 10.2 Å². The first-order valence-electron chi connectivity index (χ1n) is 10.2. The molecule has 0 radical (unpaired) electrons. The lowest BCUT2D eigenvalue weighted by atomic mass is 10.0. The van der Waals surface area contributed by atoms with E-state index in [4.69, 9.17) is 10.00 Å². The predicted molar refractivity (Wildman–Crippen MR) is 126 cm³/mol. The number of hydrogen-bond acceptors (Lipinski definition) is 4. The molecule has 32 heavy (non-hydrogen) atoms. The van der Waals surface area contributed by atoms with E-state index in [0.29, 0.717) is 23.5 Å². The summed E-state index contributed by atoms with van der Waals surface area (Å²) in [7, 11) is 0. The van der Waals surface area contributed by atoms with Crippen molar-refractivity contribution < 1.29 is 9.53 Å². The van der Waals surface area contributed by atoms with Gasteiger partial charge in [-0.1, -0.05) is 60.7 Å². The number of hydrazone groups is 1. The third-order valence-electron chi connectivity index (χ3n) is 5.13. The molecule has 0 atom stereocenters. The van der Waals surface area contributed by atoms with Gasteiger partial charge in [0.1, 0.15) is 12.4 Å². The van der Waals surface area contributed by atoms with Crippen LogP contribution in [0.15, 0.2) is 90.0 Å². The van der Waals surface area contributed by atoms with Gasteiger partial charge >= 0.3 is 0 Å². The number of carbonyl (C=O) groups is 1. The molecule has 5 heteroatoms. The van der Waals surface area contributed by atoms with Crippen molar-refractivity contribution in [1.29, 1.82) is 5.26 Å². The summed E-state index contributed by atoms with van der Waals surface area (Å²) in [6, 6.07) is 28.6. The fraction of sp³-hybridized carbons (Fsp3) is 0.0741. The molecule has 5 nitrogen and oxygen atoms in total. The molecule has 1 amide bonds. The van der Waals surface area contributed by atoms with Crippen molar-refractivity contribution in [3.8, 4) is 11.8 Å². The van der Waals surface area contributed by atoms with Gasteiger partial charge in [0.2, 0.25) is 0 Å². The minimum Gasteiger partial charge on any atom is -0.488 e. The normalized spacial score (nSPS) is 10.8. The van der Waals surface area contributed by atoms with Crippen molar-refractivity contribution in [3.05, 3.63) is 113 Å². The first kappa shape index (κ1) is 20.8. The number of ether oxygens (including phenoxy) is 1. The smallest absolute Gasteiger partial charge is 0.271 e. The van der Waals surface area contributed by atoms with Crippen LogP contribution in [0.4, 0.5) is 0 Å². The van der Waals surface area contributed by atoms with Crippen molar-refractivity contribution >= 4 is 22.9 Å². The second-order valence-corrected chi connectivity index (χ2v) is 7.31. The summed E-state index contributed by atoms with van der Waals surface area (Å²) in [5.74, 6) is 0.371. The number of fused-ring (bicyclic) bond motifs is 1. The number of hydrogen-bond donors (Lipinski definition) is 1. The van der Waals surface area contributed by atoms with Crippen molar-refractivity contribution in [3.63, 3.8) is 0 Å². The number of rotatable bonds is 6. The topological polar surface area (TPSA) is 74.5 Å². The van der Waals surface area contributed by atoms with Gasteiger partial charge in [0, 0.05) is 11.1 Å². The highest BCUT2D eigenvalue weighted by Crippen LogP contribution is 2.27. The maximum absolute atomic E-state index is 12.5. The predicted octanol–water partition coefficient (Wildman–Crippen LogP) is 5.36. The quantitative estimate of drug-likeness (QED) is 0.338. The Balaban J connectivity index is 1.60. The minimum absolute atomic E-state index is 0.268. The Bertz CT molecular complexity index is 1350. The third-order valence-corrected chi connectivity index (χ3v) is 5.13. The molecule has 0 unspecified atom stereocenters. The number of nitrogens with zero attached hydrogens (tertiary/aromatic N) is 2. The second kappa shape index (κ2) is 9.59. The average Bonchev–Trinajstić information content (AvgIpc) is 2.83. The Kier molecular flexibility index (Phi) is 6.24. The summed E-state index contributed by atoms with van der Waals surface area (Å²) in [4.78, 5) is 12.5. The summed E-state index contributed by atoms with van der Waals surface area (Å²) < 4.78 is 6.08. The maximum atomic E-state index is 12.5. The number of carbonyl (C=O) groups excluding carboxylic acids is 1. The first-order valence-corrected chi connectivity index (χ1v) is 10.2. The van der Waals surface area contributed by atoms with Crippen LogP contribution >= 0.6 is 0 Å². The Morgan fingerprint density at radius 3 is 2.69 bits per heavy atom. The van der Waals surface area contributed by atoms with Crippen LogP contribution in [0, 0.1) is 18.3 Å². The van der Waals surface area contributed by atoms with E-state index in [9.17, 15) is 4.79 Å². The highest BCUT2D eigenvalue weighted by molar-refractivity contribution is 6.03. The van der Waals surface area contributed by atoms with Gasteiger partial charge < -0.3 is 4.74 Å². The lowest BCUT2D eigenvalue weighted by molar-refractivity contribution is 0.0954. The van der Waals surface area contributed by atoms with E-state index in [2.05, 4.69) is 16.6 Å². The Morgan fingerprint density at radius 2 is 1.84 bits per heavy atom. The molecule has 0 aliphatic heterocycles. The molecule has 0 aromatic heterocycles. The highest BCUT2D eigenvalue weighted by Gasteiger charge is 2.10. The van der Waals surface area contributed by atoms with Crippen molar-refractivity contribution in [2.24, 2.45) is 5.10 Å². The molecule has 0 bridgehead atoms. The molecular weight excluding hydrogens is 398 g/mol. The molecule has 0 fully saturated rings. The number of amides is 1. The van der Waals surface area contributed by atoms with Crippen LogP contribution in [0.1, 0.15) is 32.6 Å². The number of nitriles is 1. The van der Waals surface area contributed by atoms with E-state index >= 15 is 0 Å². The molecule has 0 spiro atoms. The summed E-state index contributed by atoms with van der Waals surface area (Å²) >= 11 is 0. The SMILES string of the molecule is Cc1ccccc1C(=O)N/N=C\c1c(OCc2cccc(C#N)c2)ccc2ccccc12. The Hall–Kier alpha value is -4.43. The van der Waals surface area contributed by atoms with Crippen LogP contribution in [0.25, 0.3) is 10.8 Å². The number of aryl methyl sites for hydroxylation is 1. The Morgan fingerprint density at radius 1 is 1.03 bits per heavy atom. The fourth-order valence-corrected chi connectivity index (χ4v) is 3.47. The van der Waals surface area contributed by atoms with Crippen molar-refractivity contribution in [2.75, 3.05) is 0 Å². The standard InChI is InChI=1S/C27H21N3O2/c1-19-7-2-4-11-23(19)27(31)30-29-17-25-24-12-5-3-10-22(24)13-14-26(25)32-18-21-9-6-8-20(15-21)16-28/h2-15,17H,18H2,1H3,(H,30,31)/b29-17-. The fourth-order valence-electron chi connectivity index (χ4n) is 3.47. The molecule has 0 saturated heterocycles. The third kappa shape index (κ3) is 4.66. The zero-order chi connectivity index (χ0) is 22.3. The van der Waals surface area contributed by atoms with E-state index in [1.165, 1.54) is 0 Å². The van der Waals surface area contributed by atoms with Gasteiger partial charge in [0.05, 0.1) is 17.8 Å². The van der Waals surface area contributed by atoms with E-state index in [-0.39, 0.29) is 5.91 Å². The molecule has 0 heterocycles. The zero-order valence-corrected chi connectivity index (χ0v) is 17.6. The van der Waals surface area contributed by atoms with E-state index < -0.39 is 0 Å². The lowest BCUT2D eigenvalue weighted by Crippen LogP contribution is -2.18. The number of nitrogens with one attached hydrogen (secondary N) is 1. The van der Waals surface area contributed by atoms with Crippen molar-refractivity contribution in [1.82, 2.24) is 5.43 Å². The molecule has 4 aromatic rings. The van der Waals surface area contributed by atoms with Crippen LogP contribution in [0.5, 0.6) is 5.75 Å². The van der Waals surface area contributed by atoms with Gasteiger partial charge in [0.15, 0.2) is 0 Å². The van der Waals surface area contributed by atoms with Gasteiger partial charge in [-0.3, -0.25) is 4.79 Å². The largest absolute Gasteiger partial charge is 0.488 e. The molecule has 0 saturated carbocycles. The van der Waals surface area contributed by atoms with Gasteiger partial charge in [-0.05, 0) is 53.1 Å². The monoisotopic (exact) mass is 419 g/mol. The van der Waals surface area contributed by atoms with Crippen molar-refractivity contribution in [2.45, 2.75) is 13.5 Å². The summed E-state index contributed by atoms with van der Waals surface area (Å²) in [6.45, 7) is 2.20. The molecule has 156 valence electrons. The minimum atomic E-state index is -0.268. The first-order chi connectivity index (χ1) is 15.7. The number of benzene rings is 4. The molecule has 1 N–H and O–H groups in total. The second-order valence-electron chi connectivity index (χ2n) is 7.31. The van der Waals surface area contributed by atoms with Gasteiger partial charge in [-0.2, -0.15) is 10.4 Å². The summed E-state index contributed by atoms with van der Waals surface area (Å²) in [6.07, 6.45) is 1.61. The maximum Gasteiger partial charge on any atom is 0.271 e. The van der Waals surface area contributed by atoms with E-state index in [0.717, 1.165) is 27.5 Å². The van der Waals surface area contributed by atoms with Crippen LogP contribution in [0.2, 0.25) is 0 Å². The molecular formula is C27H21N3O2. The van der Waals surface area contributed by atoms with Gasteiger partial charge in [-0.25, -0.2) is 5.43 Å².